The highest BCUT2D eigenvalue weighted by molar-refractivity contribution is 7.98. The van der Waals surface area contributed by atoms with Crippen LogP contribution in [-0.4, -0.2) is 20.9 Å². The molecule has 4 rings (SSSR count). The number of benzene rings is 1. The van der Waals surface area contributed by atoms with Gasteiger partial charge >= 0.3 is 0 Å². The van der Waals surface area contributed by atoms with E-state index in [1.54, 1.807) is 31.1 Å². The lowest BCUT2D eigenvalue weighted by Gasteiger charge is -2.13. The van der Waals surface area contributed by atoms with Gasteiger partial charge in [0.25, 0.3) is 11.5 Å². The number of aryl methyl sites for hydroxylation is 3. The normalized spacial score (nSPS) is 12.1. The first kappa shape index (κ1) is 22.2. The molecule has 2 N–H and O–H groups in total. The van der Waals surface area contributed by atoms with Crippen molar-refractivity contribution in [1.82, 2.24) is 20.3 Å². The van der Waals surface area contributed by atoms with Crippen LogP contribution in [0.25, 0.3) is 10.2 Å². The molecule has 32 heavy (non-hydrogen) atoms. The van der Waals surface area contributed by atoms with Gasteiger partial charge in [0.15, 0.2) is 0 Å². The molecule has 0 saturated carbocycles. The van der Waals surface area contributed by atoms with Gasteiger partial charge in [0.2, 0.25) is 0 Å². The largest absolute Gasteiger partial charge is 0.345 e. The number of aromatic nitrogens is 3. The molecule has 1 unspecified atom stereocenters. The summed E-state index contributed by atoms with van der Waals surface area (Å²) in [6.07, 6.45) is 3.43. The van der Waals surface area contributed by atoms with Crippen LogP contribution in [0.3, 0.4) is 0 Å². The number of thioether (sulfide) groups is 1. The lowest BCUT2D eigenvalue weighted by atomic mass is 10.1. The maximum Gasteiger partial charge on any atom is 0.262 e. The Morgan fingerprint density at radius 2 is 2.06 bits per heavy atom. The first-order valence-electron chi connectivity index (χ1n) is 10.3. The molecule has 3 heterocycles. The van der Waals surface area contributed by atoms with Crippen molar-refractivity contribution in [3.63, 3.8) is 0 Å². The Kier molecular flexibility index (Phi) is 6.43. The predicted molar refractivity (Wildman–Crippen MR) is 131 cm³/mol. The Balaban J connectivity index is 1.58. The molecule has 0 spiro atoms. The molecule has 0 radical (unpaired) electrons. The average molecular weight is 465 g/mol. The molecular weight excluding hydrogens is 440 g/mol. The van der Waals surface area contributed by atoms with Crippen molar-refractivity contribution in [2.75, 3.05) is 0 Å². The summed E-state index contributed by atoms with van der Waals surface area (Å²) in [5.41, 5.74) is 3.75. The molecule has 1 amide bonds. The third-order valence-electron chi connectivity index (χ3n) is 5.30. The summed E-state index contributed by atoms with van der Waals surface area (Å²) >= 11 is 2.90. The van der Waals surface area contributed by atoms with Gasteiger partial charge in [0, 0.05) is 17.3 Å². The molecule has 0 fully saturated rings. The van der Waals surface area contributed by atoms with E-state index in [9.17, 15) is 9.59 Å². The van der Waals surface area contributed by atoms with Crippen molar-refractivity contribution in [3.8, 4) is 0 Å². The zero-order valence-corrected chi connectivity index (χ0v) is 20.0. The topological polar surface area (TPSA) is 87.7 Å². The Labute approximate surface area is 194 Å². The fourth-order valence-corrected chi connectivity index (χ4v) is 5.56. The van der Waals surface area contributed by atoms with Crippen LogP contribution in [0.5, 0.6) is 0 Å². The smallest absolute Gasteiger partial charge is 0.262 e. The highest BCUT2D eigenvalue weighted by Gasteiger charge is 2.21. The number of hydrogen-bond acceptors (Lipinski definition) is 6. The quantitative estimate of drug-likeness (QED) is 0.388. The highest BCUT2D eigenvalue weighted by Crippen LogP contribution is 2.30. The lowest BCUT2D eigenvalue weighted by molar-refractivity contribution is 0.0943. The number of nitrogens with zero attached hydrogens (tertiary/aromatic N) is 2. The Hall–Kier alpha value is -2.97. The molecule has 6 nitrogen and oxygen atoms in total. The minimum absolute atomic E-state index is 0.198. The van der Waals surface area contributed by atoms with Crippen molar-refractivity contribution in [2.45, 2.75) is 44.4 Å². The van der Waals surface area contributed by atoms with Crippen LogP contribution in [-0.2, 0) is 5.75 Å². The number of carbonyl (C=O) groups excluding carboxylic acids is 1. The minimum atomic E-state index is -0.215. The molecule has 164 valence electrons. The maximum absolute atomic E-state index is 12.9. The fraction of sp³-hybridized carbons (Fsp3) is 0.250. The van der Waals surface area contributed by atoms with E-state index in [0.717, 1.165) is 5.56 Å². The predicted octanol–water partition coefficient (Wildman–Crippen LogP) is 5.09. The number of hydrogen-bond donors (Lipinski definition) is 2. The summed E-state index contributed by atoms with van der Waals surface area (Å²) in [5, 5.41) is 3.48. The second-order valence-corrected chi connectivity index (χ2v) is 9.80. The third kappa shape index (κ3) is 4.61. The lowest BCUT2D eigenvalue weighted by Crippen LogP contribution is -2.26. The molecular formula is C24H24N4O2S2. The molecule has 3 aromatic heterocycles. The zero-order chi connectivity index (χ0) is 22.8. The monoisotopic (exact) mass is 464 g/mol. The standard InChI is InChI=1S/C24H24N4O2S2/c1-13-7-8-14(2)18(10-13)31-12-19-27-22(29)20-15(3)21(32-24(20)28-19)23(30)26-16(4)17-6-5-9-25-11-17/h5-11,16H,12H2,1-4H3,(H,26,30)(H,27,28,29). The number of fused-ring (bicyclic) bond motifs is 1. The van der Waals surface area contributed by atoms with Crippen molar-refractivity contribution in [2.24, 2.45) is 0 Å². The average Bonchev–Trinajstić information content (AvgIpc) is 3.12. The highest BCUT2D eigenvalue weighted by atomic mass is 32.2. The van der Waals surface area contributed by atoms with Crippen LogP contribution in [0.1, 0.15) is 50.7 Å². The third-order valence-corrected chi connectivity index (χ3v) is 7.65. The number of thiophene rings is 1. The number of rotatable bonds is 6. The summed E-state index contributed by atoms with van der Waals surface area (Å²) < 4.78 is 0. The van der Waals surface area contributed by atoms with Crippen LogP contribution >= 0.6 is 23.1 Å². The minimum Gasteiger partial charge on any atom is -0.345 e. The Morgan fingerprint density at radius 1 is 1.25 bits per heavy atom. The van der Waals surface area contributed by atoms with Gasteiger partial charge in [0.1, 0.15) is 10.7 Å². The van der Waals surface area contributed by atoms with E-state index < -0.39 is 0 Å². The van der Waals surface area contributed by atoms with Crippen molar-refractivity contribution in [1.29, 1.82) is 0 Å². The summed E-state index contributed by atoms with van der Waals surface area (Å²) in [5.74, 6) is 0.935. The van der Waals surface area contributed by atoms with Gasteiger partial charge < -0.3 is 10.3 Å². The molecule has 0 saturated heterocycles. The molecule has 0 aliphatic rings. The van der Waals surface area contributed by atoms with Gasteiger partial charge in [-0.25, -0.2) is 4.98 Å². The van der Waals surface area contributed by atoms with E-state index in [0.29, 0.717) is 32.2 Å². The summed E-state index contributed by atoms with van der Waals surface area (Å²) in [7, 11) is 0. The molecule has 0 aliphatic heterocycles. The maximum atomic E-state index is 12.9. The molecule has 4 aromatic rings. The SMILES string of the molecule is Cc1ccc(C)c(SCc2nc3sc(C(=O)NC(C)c4cccnc4)c(C)c3c(=O)[nH]2)c1. The van der Waals surface area contributed by atoms with Gasteiger partial charge in [-0.3, -0.25) is 14.6 Å². The van der Waals surface area contributed by atoms with Crippen LogP contribution in [0.2, 0.25) is 0 Å². The van der Waals surface area contributed by atoms with Crippen molar-refractivity contribution >= 4 is 39.2 Å². The number of H-pyrrole nitrogens is 1. The number of nitrogens with one attached hydrogen (secondary N) is 2. The van der Waals surface area contributed by atoms with Gasteiger partial charge in [0.05, 0.1) is 22.1 Å². The van der Waals surface area contributed by atoms with E-state index in [4.69, 9.17) is 0 Å². The van der Waals surface area contributed by atoms with E-state index in [1.807, 2.05) is 19.1 Å². The van der Waals surface area contributed by atoms with E-state index in [2.05, 4.69) is 52.3 Å². The molecule has 1 aromatic carbocycles. The Morgan fingerprint density at radius 3 is 2.81 bits per heavy atom. The number of carbonyl (C=O) groups is 1. The van der Waals surface area contributed by atoms with E-state index in [1.165, 1.54) is 27.4 Å². The van der Waals surface area contributed by atoms with Gasteiger partial charge in [-0.15, -0.1) is 23.1 Å². The Bertz CT molecular complexity index is 1350. The molecule has 0 aliphatic carbocycles. The number of pyridine rings is 1. The van der Waals surface area contributed by atoms with Crippen LogP contribution < -0.4 is 10.9 Å². The molecule has 1 atom stereocenters. The van der Waals surface area contributed by atoms with Crippen molar-refractivity contribution < 1.29 is 4.79 Å². The van der Waals surface area contributed by atoms with Gasteiger partial charge in [-0.2, -0.15) is 0 Å². The van der Waals surface area contributed by atoms with Crippen LogP contribution in [0.4, 0.5) is 0 Å². The van der Waals surface area contributed by atoms with Gasteiger partial charge in [-0.1, -0.05) is 23.8 Å². The number of aromatic amines is 1. The summed E-state index contributed by atoms with van der Waals surface area (Å²) in [6.45, 7) is 7.84. The van der Waals surface area contributed by atoms with Crippen molar-refractivity contribution in [3.05, 3.63) is 86.0 Å². The van der Waals surface area contributed by atoms with Crippen LogP contribution in [0.15, 0.2) is 52.4 Å². The first-order chi connectivity index (χ1) is 15.3. The summed E-state index contributed by atoms with van der Waals surface area (Å²) in [4.78, 5) is 39.6. The second kappa shape index (κ2) is 9.26. The molecule has 8 heteroatoms. The fourth-order valence-electron chi connectivity index (χ4n) is 3.46. The summed E-state index contributed by atoms with van der Waals surface area (Å²) in [6, 6.07) is 9.87. The van der Waals surface area contributed by atoms with E-state index in [-0.39, 0.29) is 17.5 Å². The first-order valence-corrected chi connectivity index (χ1v) is 12.1. The second-order valence-electron chi connectivity index (χ2n) is 7.79. The van der Waals surface area contributed by atoms with Crippen LogP contribution in [0, 0.1) is 20.8 Å². The van der Waals surface area contributed by atoms with E-state index >= 15 is 0 Å². The zero-order valence-electron chi connectivity index (χ0n) is 18.4. The van der Waals surface area contributed by atoms with Gasteiger partial charge in [-0.05, 0) is 56.5 Å². The number of amides is 1. The molecule has 0 bridgehead atoms.